The summed E-state index contributed by atoms with van der Waals surface area (Å²) < 4.78 is 5.33. The zero-order valence-corrected chi connectivity index (χ0v) is 19.1. The Bertz CT molecular complexity index is 996. The molecular formula is C24H25LiN2O4S. The molecule has 32 heavy (non-hydrogen) atoms. The zero-order valence-electron chi connectivity index (χ0n) is 18.3. The van der Waals surface area contributed by atoms with E-state index in [0.29, 0.717) is 30.8 Å². The van der Waals surface area contributed by atoms with E-state index in [9.17, 15) is 14.7 Å². The molecule has 6 nitrogen and oxygen atoms in total. The first-order valence-electron chi connectivity index (χ1n) is 10.0. The number of hydrogen-bond donors (Lipinski definition) is 2. The van der Waals surface area contributed by atoms with Crippen LogP contribution < -0.4 is 34.6 Å². The van der Waals surface area contributed by atoms with Gasteiger partial charge in [0.1, 0.15) is 5.76 Å². The molecule has 0 aliphatic rings. The number of furan rings is 1. The van der Waals surface area contributed by atoms with E-state index in [2.05, 4.69) is 10.6 Å². The molecule has 3 rings (SSSR count). The standard InChI is InChI=1S/C24H26N2O4S.Li/c1-31-13-11-22(24(28)29)26-23(27)20-10-9-17(15-25-16-19-8-5-12-30-19)14-21(20)18-6-3-2-4-7-18;/h2-10,12,14,22,25H,11,13,15-16H2,1H3,(H,26,27)(H,28,29);/q;+1/p-1/t22-;/m0./s1. The second kappa shape index (κ2) is 13.2. The molecule has 2 N–H and O–H groups in total. The minimum atomic E-state index is -1.28. The number of nitrogens with one attached hydrogen (secondary N) is 2. The summed E-state index contributed by atoms with van der Waals surface area (Å²) in [5, 5.41) is 17.4. The maximum atomic E-state index is 13.0. The Hall–Kier alpha value is -2.43. The molecule has 0 saturated carbocycles. The zero-order chi connectivity index (χ0) is 22.1. The minimum Gasteiger partial charge on any atom is -0.548 e. The Morgan fingerprint density at radius 3 is 2.50 bits per heavy atom. The van der Waals surface area contributed by atoms with Crippen molar-refractivity contribution < 1.29 is 38.0 Å². The van der Waals surface area contributed by atoms with Gasteiger partial charge in [-0.2, -0.15) is 11.8 Å². The summed E-state index contributed by atoms with van der Waals surface area (Å²) in [4.78, 5) is 24.4. The first-order valence-corrected chi connectivity index (χ1v) is 11.4. The van der Waals surface area contributed by atoms with Crippen LogP contribution in [0.15, 0.2) is 71.3 Å². The summed E-state index contributed by atoms with van der Waals surface area (Å²) in [6.07, 6.45) is 3.84. The average Bonchev–Trinajstić information content (AvgIpc) is 3.30. The van der Waals surface area contributed by atoms with E-state index in [-0.39, 0.29) is 18.9 Å². The molecule has 162 valence electrons. The van der Waals surface area contributed by atoms with Crippen LogP contribution in [-0.4, -0.2) is 29.9 Å². The number of hydrogen-bond acceptors (Lipinski definition) is 6. The quantitative estimate of drug-likeness (QED) is 0.400. The van der Waals surface area contributed by atoms with Crippen molar-refractivity contribution in [3.63, 3.8) is 0 Å². The van der Waals surface area contributed by atoms with E-state index in [1.54, 1.807) is 12.3 Å². The van der Waals surface area contributed by atoms with Gasteiger partial charge in [0.15, 0.2) is 0 Å². The molecule has 3 aromatic rings. The third-order valence-electron chi connectivity index (χ3n) is 4.82. The predicted octanol–water partition coefficient (Wildman–Crippen LogP) is -0.158. The molecule has 1 aromatic heterocycles. The maximum Gasteiger partial charge on any atom is 1.00 e. The van der Waals surface area contributed by atoms with E-state index in [0.717, 1.165) is 22.5 Å². The Morgan fingerprint density at radius 1 is 1.06 bits per heavy atom. The van der Waals surface area contributed by atoms with Crippen molar-refractivity contribution in [2.75, 3.05) is 12.0 Å². The van der Waals surface area contributed by atoms with Gasteiger partial charge >= 0.3 is 18.9 Å². The van der Waals surface area contributed by atoms with Gasteiger partial charge in [0.2, 0.25) is 0 Å². The fourth-order valence-corrected chi connectivity index (χ4v) is 3.69. The Kier molecular flexibility index (Phi) is 10.6. The van der Waals surface area contributed by atoms with E-state index < -0.39 is 17.9 Å². The third-order valence-corrected chi connectivity index (χ3v) is 5.47. The normalized spacial score (nSPS) is 11.4. The van der Waals surface area contributed by atoms with Gasteiger partial charge in [-0.25, -0.2) is 0 Å². The summed E-state index contributed by atoms with van der Waals surface area (Å²) in [5.41, 5.74) is 3.06. The number of carboxylic acid groups (broad SMARTS) is 1. The van der Waals surface area contributed by atoms with Crippen molar-refractivity contribution in [3.8, 4) is 11.1 Å². The molecule has 0 saturated heterocycles. The number of thioether (sulfide) groups is 1. The van der Waals surface area contributed by atoms with E-state index >= 15 is 0 Å². The Balaban J connectivity index is 0.00000363. The molecule has 0 bridgehead atoms. The van der Waals surface area contributed by atoms with Crippen LogP contribution in [-0.2, 0) is 17.9 Å². The number of aliphatic carboxylic acids is 1. The predicted molar refractivity (Wildman–Crippen MR) is 120 cm³/mol. The summed E-state index contributed by atoms with van der Waals surface area (Å²) in [6.45, 7) is 1.19. The molecule has 0 spiro atoms. The minimum absolute atomic E-state index is 0. The third kappa shape index (κ3) is 7.32. The van der Waals surface area contributed by atoms with Gasteiger partial charge in [-0.15, -0.1) is 0 Å². The van der Waals surface area contributed by atoms with Crippen LogP contribution in [0.2, 0.25) is 0 Å². The summed E-state index contributed by atoms with van der Waals surface area (Å²) in [7, 11) is 0. The molecule has 0 unspecified atom stereocenters. The smallest absolute Gasteiger partial charge is 0.548 e. The summed E-state index contributed by atoms with van der Waals surface area (Å²) in [6, 6.07) is 17.8. The second-order valence-electron chi connectivity index (χ2n) is 7.06. The fourth-order valence-electron chi connectivity index (χ4n) is 3.22. The van der Waals surface area contributed by atoms with Crippen molar-refractivity contribution in [2.24, 2.45) is 0 Å². The Morgan fingerprint density at radius 2 is 1.84 bits per heavy atom. The molecule has 1 atom stereocenters. The Labute approximate surface area is 204 Å². The van der Waals surface area contributed by atoms with Gasteiger partial charge in [-0.1, -0.05) is 36.4 Å². The monoisotopic (exact) mass is 444 g/mol. The van der Waals surface area contributed by atoms with Crippen LogP contribution in [0.1, 0.15) is 28.1 Å². The number of carbonyl (C=O) groups excluding carboxylic acids is 2. The fraction of sp³-hybridized carbons (Fsp3) is 0.250. The first-order chi connectivity index (χ1) is 15.1. The van der Waals surface area contributed by atoms with Crippen molar-refractivity contribution in [1.29, 1.82) is 0 Å². The molecule has 8 heteroatoms. The molecule has 0 fully saturated rings. The number of rotatable bonds is 11. The molecule has 1 amide bonds. The van der Waals surface area contributed by atoms with Gasteiger partial charge in [-0.3, -0.25) is 4.79 Å². The summed E-state index contributed by atoms with van der Waals surface area (Å²) in [5.74, 6) is -0.241. The van der Waals surface area contributed by atoms with Crippen LogP contribution >= 0.6 is 11.8 Å². The SMILES string of the molecule is CSCC[C@H](NC(=O)c1ccc(CNCc2ccco2)cc1-c1ccccc1)C(=O)[O-].[Li+]. The van der Waals surface area contributed by atoms with Crippen LogP contribution in [0.4, 0.5) is 0 Å². The van der Waals surface area contributed by atoms with E-state index in [4.69, 9.17) is 4.42 Å². The van der Waals surface area contributed by atoms with Crippen molar-refractivity contribution >= 4 is 23.6 Å². The molecular weight excluding hydrogens is 419 g/mol. The molecule has 0 aliphatic carbocycles. The molecule has 0 radical (unpaired) electrons. The van der Waals surface area contributed by atoms with Gasteiger partial charge in [-0.05, 0) is 59.4 Å². The second-order valence-corrected chi connectivity index (χ2v) is 8.04. The maximum absolute atomic E-state index is 13.0. The average molecular weight is 444 g/mol. The largest absolute Gasteiger partial charge is 1.00 e. The number of benzene rings is 2. The van der Waals surface area contributed by atoms with Crippen LogP contribution in [0, 0.1) is 0 Å². The van der Waals surface area contributed by atoms with Gasteiger partial charge in [0, 0.05) is 12.1 Å². The molecule has 2 aromatic carbocycles. The van der Waals surface area contributed by atoms with Crippen molar-refractivity contribution in [3.05, 3.63) is 83.8 Å². The van der Waals surface area contributed by atoms with E-state index in [1.165, 1.54) is 11.8 Å². The topological polar surface area (TPSA) is 94.4 Å². The van der Waals surface area contributed by atoms with E-state index in [1.807, 2.05) is 60.9 Å². The van der Waals surface area contributed by atoms with Crippen molar-refractivity contribution in [1.82, 2.24) is 10.6 Å². The summed E-state index contributed by atoms with van der Waals surface area (Å²) >= 11 is 1.52. The number of amides is 1. The van der Waals surface area contributed by atoms with Gasteiger partial charge in [0.05, 0.1) is 24.8 Å². The van der Waals surface area contributed by atoms with Gasteiger partial charge < -0.3 is 25.0 Å². The van der Waals surface area contributed by atoms with Crippen molar-refractivity contribution in [2.45, 2.75) is 25.6 Å². The van der Waals surface area contributed by atoms with Crippen LogP contribution in [0.3, 0.4) is 0 Å². The van der Waals surface area contributed by atoms with Crippen LogP contribution in [0.25, 0.3) is 11.1 Å². The number of carbonyl (C=O) groups is 2. The number of carboxylic acids is 1. The van der Waals surface area contributed by atoms with Crippen LogP contribution in [0.5, 0.6) is 0 Å². The molecule has 1 heterocycles. The molecule has 0 aliphatic heterocycles. The van der Waals surface area contributed by atoms with Gasteiger partial charge in [0.25, 0.3) is 5.91 Å². The first kappa shape index (κ1) is 25.8.